The Bertz CT molecular complexity index is 955. The number of para-hydroxylation sites is 1. The molecule has 0 unspecified atom stereocenters. The molecule has 4 heteroatoms. The Hall–Kier alpha value is -2.85. The van der Waals surface area contributed by atoms with E-state index in [2.05, 4.69) is 52.4 Å². The molecule has 0 aliphatic carbocycles. The summed E-state index contributed by atoms with van der Waals surface area (Å²) in [6.45, 7) is 4.74. The molecule has 4 aromatic rings. The van der Waals surface area contributed by atoms with Gasteiger partial charge in [0.05, 0.1) is 6.54 Å². The summed E-state index contributed by atoms with van der Waals surface area (Å²) in [5.74, 6) is 0.889. The predicted octanol–water partition coefficient (Wildman–Crippen LogP) is 4.85. The van der Waals surface area contributed by atoms with Crippen LogP contribution < -0.4 is 0 Å². The third kappa shape index (κ3) is 3.35. The van der Waals surface area contributed by atoms with Crippen LogP contribution in [0.2, 0.25) is 0 Å². The van der Waals surface area contributed by atoms with Crippen LogP contribution in [-0.4, -0.2) is 21.6 Å². The van der Waals surface area contributed by atoms with Gasteiger partial charge in [-0.2, -0.15) is 0 Å². The van der Waals surface area contributed by atoms with Crippen molar-refractivity contribution >= 4 is 10.9 Å². The van der Waals surface area contributed by atoms with Crippen LogP contribution in [0.5, 0.6) is 0 Å². The van der Waals surface area contributed by atoms with Gasteiger partial charge >= 0.3 is 0 Å². The van der Waals surface area contributed by atoms with Crippen molar-refractivity contribution in [3.8, 4) is 11.3 Å². The van der Waals surface area contributed by atoms with Crippen LogP contribution in [0.1, 0.15) is 18.2 Å². The number of nitrogens with zero attached hydrogens (tertiary/aromatic N) is 2. The maximum atomic E-state index is 5.56. The molecule has 2 aromatic heterocycles. The maximum Gasteiger partial charge on any atom is 0.151 e. The fraction of sp³-hybridized carbons (Fsp3) is 0.190. The number of aromatic amines is 1. The number of benzene rings is 2. The Morgan fingerprint density at radius 3 is 2.64 bits per heavy atom. The summed E-state index contributed by atoms with van der Waals surface area (Å²) in [7, 11) is 0. The molecule has 0 saturated carbocycles. The largest absolute Gasteiger partial charge is 0.361 e. The zero-order valence-corrected chi connectivity index (χ0v) is 14.3. The topological polar surface area (TPSA) is 45.1 Å². The lowest BCUT2D eigenvalue weighted by molar-refractivity contribution is 0.235. The van der Waals surface area contributed by atoms with Gasteiger partial charge in [0.1, 0.15) is 5.69 Å². The summed E-state index contributed by atoms with van der Waals surface area (Å²) in [5.41, 5.74) is 4.45. The monoisotopic (exact) mass is 331 g/mol. The van der Waals surface area contributed by atoms with Crippen molar-refractivity contribution in [3.05, 3.63) is 78.2 Å². The molecule has 0 aliphatic rings. The van der Waals surface area contributed by atoms with Gasteiger partial charge in [0.2, 0.25) is 0 Å². The highest BCUT2D eigenvalue weighted by Gasteiger charge is 2.12. The minimum Gasteiger partial charge on any atom is -0.361 e. The lowest BCUT2D eigenvalue weighted by atomic mass is 10.1. The molecule has 126 valence electrons. The lowest BCUT2D eigenvalue weighted by Gasteiger charge is -2.18. The average Bonchev–Trinajstić information content (AvgIpc) is 3.29. The smallest absolute Gasteiger partial charge is 0.151 e. The first-order valence-electron chi connectivity index (χ1n) is 8.62. The quantitative estimate of drug-likeness (QED) is 0.549. The van der Waals surface area contributed by atoms with Gasteiger partial charge in [0.15, 0.2) is 5.76 Å². The Kier molecular flexibility index (Phi) is 4.36. The third-order valence-electron chi connectivity index (χ3n) is 4.52. The number of rotatable bonds is 6. The SMILES string of the molecule is CCN(Cc1cc(-c2ccccc2)no1)Cc1c[nH]c2ccccc12. The lowest BCUT2D eigenvalue weighted by Crippen LogP contribution is -2.21. The summed E-state index contributed by atoms with van der Waals surface area (Å²) in [6.07, 6.45) is 2.10. The molecule has 0 aliphatic heterocycles. The van der Waals surface area contributed by atoms with Crippen molar-refractivity contribution in [1.82, 2.24) is 15.0 Å². The van der Waals surface area contributed by atoms with E-state index in [-0.39, 0.29) is 0 Å². The Morgan fingerprint density at radius 2 is 1.80 bits per heavy atom. The first-order valence-corrected chi connectivity index (χ1v) is 8.62. The van der Waals surface area contributed by atoms with E-state index < -0.39 is 0 Å². The summed E-state index contributed by atoms with van der Waals surface area (Å²) in [5, 5.41) is 5.49. The standard InChI is InChI=1S/C21H21N3O/c1-2-24(14-17-13-22-20-11-7-6-10-19(17)20)15-18-12-21(23-25-18)16-8-4-3-5-9-16/h3-13,22H,2,14-15H2,1H3. The van der Waals surface area contributed by atoms with Gasteiger partial charge in [-0.15, -0.1) is 0 Å². The molecule has 0 bridgehead atoms. The Balaban J connectivity index is 1.50. The van der Waals surface area contributed by atoms with Crippen LogP contribution in [0, 0.1) is 0 Å². The van der Waals surface area contributed by atoms with Crippen molar-refractivity contribution in [2.24, 2.45) is 0 Å². The molecule has 0 atom stereocenters. The highest BCUT2D eigenvalue weighted by atomic mass is 16.5. The van der Waals surface area contributed by atoms with Crippen LogP contribution >= 0.6 is 0 Å². The number of hydrogen-bond acceptors (Lipinski definition) is 3. The van der Waals surface area contributed by atoms with Crippen LogP contribution in [0.15, 0.2) is 71.4 Å². The highest BCUT2D eigenvalue weighted by Crippen LogP contribution is 2.22. The number of H-pyrrole nitrogens is 1. The van der Waals surface area contributed by atoms with E-state index in [1.807, 2.05) is 36.4 Å². The van der Waals surface area contributed by atoms with Crippen molar-refractivity contribution in [1.29, 1.82) is 0 Å². The molecule has 2 heterocycles. The molecule has 0 saturated heterocycles. The van der Waals surface area contributed by atoms with Gasteiger partial charge in [-0.05, 0) is 18.2 Å². The van der Waals surface area contributed by atoms with Gasteiger partial charge in [-0.3, -0.25) is 4.90 Å². The van der Waals surface area contributed by atoms with Crippen LogP contribution in [-0.2, 0) is 13.1 Å². The Morgan fingerprint density at radius 1 is 1.00 bits per heavy atom. The van der Waals surface area contributed by atoms with E-state index in [0.717, 1.165) is 36.7 Å². The minimum atomic E-state index is 0.746. The normalized spacial score (nSPS) is 11.4. The highest BCUT2D eigenvalue weighted by molar-refractivity contribution is 5.82. The van der Waals surface area contributed by atoms with Crippen LogP contribution in [0.25, 0.3) is 22.2 Å². The Labute approximate surface area is 147 Å². The molecular formula is C21H21N3O. The first-order chi connectivity index (χ1) is 12.3. The fourth-order valence-electron chi connectivity index (χ4n) is 3.14. The van der Waals surface area contributed by atoms with Gasteiger partial charge in [0, 0.05) is 35.3 Å². The molecular weight excluding hydrogens is 310 g/mol. The number of nitrogens with one attached hydrogen (secondary N) is 1. The molecule has 1 N–H and O–H groups in total. The van der Waals surface area contributed by atoms with Crippen molar-refractivity contribution in [3.63, 3.8) is 0 Å². The first kappa shape index (κ1) is 15.7. The average molecular weight is 331 g/mol. The molecule has 0 amide bonds. The van der Waals surface area contributed by atoms with E-state index >= 15 is 0 Å². The molecule has 0 fully saturated rings. The fourth-order valence-corrected chi connectivity index (χ4v) is 3.14. The van der Waals surface area contributed by atoms with E-state index in [1.54, 1.807) is 0 Å². The number of hydrogen-bond donors (Lipinski definition) is 1. The summed E-state index contributed by atoms with van der Waals surface area (Å²) in [4.78, 5) is 5.70. The predicted molar refractivity (Wildman–Crippen MR) is 100 cm³/mol. The number of aromatic nitrogens is 2. The van der Waals surface area contributed by atoms with Crippen LogP contribution in [0.3, 0.4) is 0 Å². The van der Waals surface area contributed by atoms with E-state index in [9.17, 15) is 0 Å². The molecule has 0 radical (unpaired) electrons. The molecule has 2 aromatic carbocycles. The molecule has 25 heavy (non-hydrogen) atoms. The third-order valence-corrected chi connectivity index (χ3v) is 4.52. The zero-order chi connectivity index (χ0) is 17.1. The summed E-state index contributed by atoms with van der Waals surface area (Å²) in [6, 6.07) is 20.6. The van der Waals surface area contributed by atoms with Crippen molar-refractivity contribution < 1.29 is 4.52 Å². The maximum absolute atomic E-state index is 5.56. The van der Waals surface area contributed by atoms with Gasteiger partial charge < -0.3 is 9.51 Å². The van der Waals surface area contributed by atoms with Crippen LogP contribution in [0.4, 0.5) is 0 Å². The van der Waals surface area contributed by atoms with Crippen molar-refractivity contribution in [2.75, 3.05) is 6.54 Å². The molecule has 4 nitrogen and oxygen atoms in total. The minimum absolute atomic E-state index is 0.746. The zero-order valence-electron chi connectivity index (χ0n) is 14.3. The van der Waals surface area contributed by atoms with E-state index in [1.165, 1.54) is 16.5 Å². The van der Waals surface area contributed by atoms with Gasteiger partial charge in [-0.25, -0.2) is 0 Å². The second-order valence-electron chi connectivity index (χ2n) is 6.21. The van der Waals surface area contributed by atoms with Gasteiger partial charge in [-0.1, -0.05) is 60.6 Å². The second-order valence-corrected chi connectivity index (χ2v) is 6.21. The second kappa shape index (κ2) is 6.95. The summed E-state index contributed by atoms with van der Waals surface area (Å²) < 4.78 is 5.56. The molecule has 0 spiro atoms. The van der Waals surface area contributed by atoms with Crippen molar-refractivity contribution in [2.45, 2.75) is 20.0 Å². The van der Waals surface area contributed by atoms with E-state index in [0.29, 0.717) is 0 Å². The summed E-state index contributed by atoms with van der Waals surface area (Å²) >= 11 is 0. The number of fused-ring (bicyclic) bond motifs is 1. The van der Waals surface area contributed by atoms with E-state index in [4.69, 9.17) is 4.52 Å². The van der Waals surface area contributed by atoms with Gasteiger partial charge in [0.25, 0.3) is 0 Å². The molecule has 4 rings (SSSR count).